The van der Waals surface area contributed by atoms with Gasteiger partial charge in [-0.05, 0) is 37.6 Å². The third kappa shape index (κ3) is 4.51. The highest BCUT2D eigenvalue weighted by atomic mass is 32.2. The molecule has 1 heterocycles. The van der Waals surface area contributed by atoms with Gasteiger partial charge < -0.3 is 14.7 Å². The van der Waals surface area contributed by atoms with Crippen LogP contribution in [0.4, 0.5) is 5.69 Å². The van der Waals surface area contributed by atoms with Crippen LogP contribution in [-0.2, 0) is 19.4 Å². The molecule has 0 radical (unpaired) electrons. The number of para-hydroxylation sites is 1. The lowest BCUT2D eigenvalue weighted by Gasteiger charge is -2.28. The van der Waals surface area contributed by atoms with Gasteiger partial charge in [0.05, 0.1) is 17.5 Å². The number of phenolic OH excluding ortho intramolecular Hbond substituents is 1. The monoisotopic (exact) mass is 403 g/mol. The number of hydrogen-bond acceptors (Lipinski definition) is 6. The summed E-state index contributed by atoms with van der Waals surface area (Å²) in [6.07, 6.45) is 0.329. The fourth-order valence-electron chi connectivity index (χ4n) is 3.21. The summed E-state index contributed by atoms with van der Waals surface area (Å²) in [5.41, 5.74) is 1.28. The fraction of sp³-hybridized carbons (Fsp3) is 0.300. The molecule has 8 heteroatoms. The Balaban J connectivity index is 1.76. The van der Waals surface area contributed by atoms with Gasteiger partial charge in [-0.25, -0.2) is 13.2 Å². The van der Waals surface area contributed by atoms with Gasteiger partial charge in [-0.1, -0.05) is 29.8 Å². The van der Waals surface area contributed by atoms with E-state index in [1.54, 1.807) is 43.3 Å². The van der Waals surface area contributed by atoms with Crippen molar-refractivity contribution in [1.82, 2.24) is 0 Å². The number of phenols is 1. The average Bonchev–Trinajstić information content (AvgIpc) is 3.02. The first-order valence-corrected chi connectivity index (χ1v) is 10.6. The Morgan fingerprint density at radius 3 is 2.54 bits per heavy atom. The van der Waals surface area contributed by atoms with Crippen LogP contribution < -0.4 is 4.90 Å². The Labute approximate surface area is 163 Å². The molecule has 148 valence electrons. The number of aryl methyl sites for hydroxylation is 1. The number of hydrogen-bond donors (Lipinski definition) is 1. The third-order valence-electron chi connectivity index (χ3n) is 4.58. The third-order valence-corrected chi connectivity index (χ3v) is 6.33. The Morgan fingerprint density at radius 2 is 1.89 bits per heavy atom. The summed E-state index contributed by atoms with van der Waals surface area (Å²) in [5.74, 6) is -1.67. The van der Waals surface area contributed by atoms with Crippen LogP contribution in [-0.4, -0.2) is 49.6 Å². The Kier molecular flexibility index (Phi) is 5.69. The molecule has 1 aliphatic rings. The molecule has 0 bridgehead atoms. The largest absolute Gasteiger partial charge is 0.507 e. The Morgan fingerprint density at radius 1 is 1.18 bits per heavy atom. The van der Waals surface area contributed by atoms with Gasteiger partial charge in [0, 0.05) is 5.69 Å². The van der Waals surface area contributed by atoms with Gasteiger partial charge >= 0.3 is 5.97 Å². The summed E-state index contributed by atoms with van der Waals surface area (Å²) in [6.45, 7) is 1.21. The summed E-state index contributed by atoms with van der Waals surface area (Å²) in [6, 6.07) is 12.7. The summed E-state index contributed by atoms with van der Waals surface area (Å²) >= 11 is 0. The highest BCUT2D eigenvalue weighted by Gasteiger charge is 2.35. The lowest BCUT2D eigenvalue weighted by atomic mass is 10.1. The molecule has 1 aliphatic heterocycles. The molecule has 0 spiro atoms. The second-order valence-electron chi connectivity index (χ2n) is 6.75. The predicted molar refractivity (Wildman–Crippen MR) is 104 cm³/mol. The molecule has 0 aromatic heterocycles. The maximum atomic E-state index is 12.8. The fourth-order valence-corrected chi connectivity index (χ4v) is 4.91. The highest BCUT2D eigenvalue weighted by molar-refractivity contribution is 7.91. The van der Waals surface area contributed by atoms with E-state index in [1.807, 2.05) is 0 Å². The van der Waals surface area contributed by atoms with Crippen LogP contribution >= 0.6 is 0 Å². The number of sulfone groups is 1. The van der Waals surface area contributed by atoms with E-state index in [0.717, 1.165) is 5.56 Å². The molecule has 1 fully saturated rings. The highest BCUT2D eigenvalue weighted by Crippen LogP contribution is 2.25. The van der Waals surface area contributed by atoms with E-state index < -0.39 is 34.4 Å². The van der Waals surface area contributed by atoms with Gasteiger partial charge in [0.1, 0.15) is 11.3 Å². The molecule has 1 atom stereocenters. The SMILES string of the molecule is Cc1ccc(O)c(C(=O)OCC(=O)N(c2ccccc2)[C@H]2CCS(=O)(=O)C2)c1. The number of benzene rings is 2. The predicted octanol–water partition coefficient (Wildman–Crippen LogP) is 2.08. The quantitative estimate of drug-likeness (QED) is 0.767. The van der Waals surface area contributed by atoms with Gasteiger partial charge in [0.2, 0.25) is 0 Å². The van der Waals surface area contributed by atoms with Crippen LogP contribution in [0, 0.1) is 6.92 Å². The molecular weight excluding hydrogens is 382 g/mol. The first-order chi connectivity index (χ1) is 13.3. The number of carbonyl (C=O) groups is 2. The van der Waals surface area contributed by atoms with Gasteiger partial charge in [-0.15, -0.1) is 0 Å². The maximum Gasteiger partial charge on any atom is 0.342 e. The minimum atomic E-state index is -3.20. The molecular formula is C20H21NO6S. The van der Waals surface area contributed by atoms with Gasteiger partial charge in [0.25, 0.3) is 5.91 Å². The van der Waals surface area contributed by atoms with Gasteiger partial charge in [-0.3, -0.25) is 4.79 Å². The lowest BCUT2D eigenvalue weighted by molar-refractivity contribution is -0.122. The van der Waals surface area contributed by atoms with E-state index in [4.69, 9.17) is 4.74 Å². The lowest BCUT2D eigenvalue weighted by Crippen LogP contribution is -2.43. The van der Waals surface area contributed by atoms with Gasteiger partial charge in [-0.2, -0.15) is 0 Å². The first-order valence-electron chi connectivity index (χ1n) is 8.81. The standard InChI is InChI=1S/C20H21NO6S/c1-14-7-8-18(22)17(11-14)20(24)27-12-19(23)21(15-5-3-2-4-6-15)16-9-10-28(25,26)13-16/h2-8,11,16,22H,9-10,12-13H2,1H3/t16-/m0/s1. The van der Waals surface area contributed by atoms with Crippen molar-refractivity contribution in [3.63, 3.8) is 0 Å². The van der Waals surface area contributed by atoms with Crippen molar-refractivity contribution in [1.29, 1.82) is 0 Å². The topological polar surface area (TPSA) is 101 Å². The molecule has 3 rings (SSSR count). The molecule has 1 saturated heterocycles. The van der Waals surface area contributed by atoms with E-state index in [0.29, 0.717) is 12.1 Å². The average molecular weight is 403 g/mol. The molecule has 1 N–H and O–H groups in total. The molecule has 2 aromatic rings. The van der Waals surface area contributed by atoms with Crippen molar-refractivity contribution in [2.24, 2.45) is 0 Å². The minimum Gasteiger partial charge on any atom is -0.507 e. The Hall–Kier alpha value is -2.87. The molecule has 0 saturated carbocycles. The zero-order chi connectivity index (χ0) is 20.3. The van der Waals surface area contributed by atoms with Gasteiger partial charge in [0.15, 0.2) is 16.4 Å². The van der Waals surface area contributed by atoms with E-state index >= 15 is 0 Å². The molecule has 0 aliphatic carbocycles. The molecule has 28 heavy (non-hydrogen) atoms. The van der Waals surface area contributed by atoms with Crippen LogP contribution in [0.15, 0.2) is 48.5 Å². The van der Waals surface area contributed by atoms with E-state index in [1.165, 1.54) is 17.0 Å². The van der Waals surface area contributed by atoms with E-state index in [9.17, 15) is 23.1 Å². The molecule has 7 nitrogen and oxygen atoms in total. The number of rotatable bonds is 5. The van der Waals surface area contributed by atoms with Crippen molar-refractivity contribution in [3.05, 3.63) is 59.7 Å². The number of nitrogens with zero attached hydrogens (tertiary/aromatic N) is 1. The van der Waals surface area contributed by atoms with Crippen molar-refractivity contribution < 1.29 is 27.9 Å². The maximum absolute atomic E-state index is 12.8. The smallest absolute Gasteiger partial charge is 0.342 e. The number of amides is 1. The summed E-state index contributed by atoms with van der Waals surface area (Å²) in [5, 5.41) is 9.83. The van der Waals surface area contributed by atoms with E-state index in [-0.39, 0.29) is 22.8 Å². The number of aromatic hydroxyl groups is 1. The molecule has 0 unspecified atom stereocenters. The van der Waals surface area contributed by atoms with Crippen LogP contribution in [0.1, 0.15) is 22.3 Å². The summed E-state index contributed by atoms with van der Waals surface area (Å²) in [7, 11) is -3.20. The summed E-state index contributed by atoms with van der Waals surface area (Å²) in [4.78, 5) is 26.5. The second kappa shape index (κ2) is 8.02. The Bertz CT molecular complexity index is 987. The number of esters is 1. The van der Waals surface area contributed by atoms with Crippen molar-refractivity contribution in [2.45, 2.75) is 19.4 Å². The van der Waals surface area contributed by atoms with Crippen molar-refractivity contribution in [2.75, 3.05) is 23.0 Å². The van der Waals surface area contributed by atoms with Crippen LogP contribution in [0.2, 0.25) is 0 Å². The second-order valence-corrected chi connectivity index (χ2v) is 8.98. The zero-order valence-electron chi connectivity index (χ0n) is 15.4. The van der Waals surface area contributed by atoms with E-state index in [2.05, 4.69) is 0 Å². The minimum absolute atomic E-state index is 0.0191. The van der Waals surface area contributed by atoms with Crippen LogP contribution in [0.5, 0.6) is 5.75 Å². The molecule has 1 amide bonds. The number of ether oxygens (including phenoxy) is 1. The van der Waals surface area contributed by atoms with Crippen LogP contribution in [0.25, 0.3) is 0 Å². The molecule has 2 aromatic carbocycles. The first kappa shape index (κ1) is 19.9. The zero-order valence-corrected chi connectivity index (χ0v) is 16.2. The number of anilines is 1. The number of carbonyl (C=O) groups excluding carboxylic acids is 2. The van der Waals surface area contributed by atoms with Crippen molar-refractivity contribution in [3.8, 4) is 5.75 Å². The summed E-state index contributed by atoms with van der Waals surface area (Å²) < 4.78 is 28.8. The van der Waals surface area contributed by atoms with Crippen LogP contribution in [0.3, 0.4) is 0 Å². The normalized spacial score (nSPS) is 17.8. The van der Waals surface area contributed by atoms with Crippen molar-refractivity contribution >= 4 is 27.4 Å².